The Morgan fingerprint density at radius 1 is 1.25 bits per heavy atom. The van der Waals surface area contributed by atoms with Gasteiger partial charge in [-0.15, -0.1) is 24.0 Å². The fourth-order valence-corrected chi connectivity index (χ4v) is 3.15. The summed E-state index contributed by atoms with van der Waals surface area (Å²) in [4.78, 5) is 17.8. The highest BCUT2D eigenvalue weighted by atomic mass is 127. The van der Waals surface area contributed by atoms with E-state index in [9.17, 15) is 13.2 Å². The highest BCUT2D eigenvalue weighted by Crippen LogP contribution is 2.20. The Bertz CT molecular complexity index is 505. The van der Waals surface area contributed by atoms with E-state index in [4.69, 9.17) is 0 Å². The molecular formula is C14H30IN5O3S. The molecule has 0 saturated carbocycles. The molecule has 0 aliphatic carbocycles. The molecule has 1 aliphatic heterocycles. The van der Waals surface area contributed by atoms with Gasteiger partial charge in [-0.05, 0) is 25.7 Å². The van der Waals surface area contributed by atoms with Crippen LogP contribution in [0.2, 0.25) is 0 Å². The molecule has 1 fully saturated rings. The van der Waals surface area contributed by atoms with E-state index >= 15 is 0 Å². The first-order valence-electron chi connectivity index (χ1n) is 8.05. The summed E-state index contributed by atoms with van der Waals surface area (Å²) in [6, 6.07) is 0. The van der Waals surface area contributed by atoms with Crippen LogP contribution in [0.25, 0.3) is 0 Å². The van der Waals surface area contributed by atoms with Gasteiger partial charge < -0.3 is 15.5 Å². The average Bonchev–Trinajstić information content (AvgIpc) is 2.56. The van der Waals surface area contributed by atoms with Crippen molar-refractivity contribution in [2.45, 2.75) is 26.2 Å². The van der Waals surface area contributed by atoms with Gasteiger partial charge in [-0.3, -0.25) is 9.79 Å². The van der Waals surface area contributed by atoms with E-state index in [1.54, 1.807) is 21.0 Å². The first-order valence-corrected chi connectivity index (χ1v) is 9.70. The zero-order valence-electron chi connectivity index (χ0n) is 14.7. The number of nitrogens with one attached hydrogen (secondary N) is 3. The second-order valence-electron chi connectivity index (χ2n) is 5.58. The van der Waals surface area contributed by atoms with Crippen LogP contribution >= 0.6 is 24.0 Å². The third-order valence-corrected chi connectivity index (χ3v) is 5.39. The molecule has 142 valence electrons. The lowest BCUT2D eigenvalue weighted by Crippen LogP contribution is -2.47. The third-order valence-electron chi connectivity index (χ3n) is 3.99. The summed E-state index contributed by atoms with van der Waals surface area (Å²) in [5, 5.41) is 5.84. The molecule has 1 heterocycles. The normalized spacial score (nSPS) is 16.5. The number of sulfonamides is 1. The van der Waals surface area contributed by atoms with Crippen molar-refractivity contribution in [2.24, 2.45) is 10.9 Å². The number of likely N-dealkylation sites (tertiary alicyclic amines) is 1. The third kappa shape index (κ3) is 8.47. The highest BCUT2D eigenvalue weighted by molar-refractivity contribution is 14.0. The van der Waals surface area contributed by atoms with Crippen LogP contribution < -0.4 is 15.4 Å². The van der Waals surface area contributed by atoms with Crippen molar-refractivity contribution in [1.82, 2.24) is 20.3 Å². The molecule has 0 aromatic carbocycles. The van der Waals surface area contributed by atoms with Gasteiger partial charge in [-0.25, -0.2) is 13.1 Å². The maximum Gasteiger partial charge on any atom is 0.220 e. The molecule has 10 heteroatoms. The first-order chi connectivity index (χ1) is 10.9. The van der Waals surface area contributed by atoms with Crippen LogP contribution in [-0.4, -0.2) is 71.2 Å². The molecule has 0 aromatic heterocycles. The Morgan fingerprint density at radius 3 is 2.38 bits per heavy atom. The monoisotopic (exact) mass is 475 g/mol. The number of rotatable bonds is 7. The van der Waals surface area contributed by atoms with Gasteiger partial charge in [-0.2, -0.15) is 0 Å². The zero-order valence-corrected chi connectivity index (χ0v) is 17.8. The molecule has 0 spiro atoms. The lowest BCUT2D eigenvalue weighted by molar-refractivity contribution is -0.121. The summed E-state index contributed by atoms with van der Waals surface area (Å²) >= 11 is 0. The van der Waals surface area contributed by atoms with Gasteiger partial charge in [0, 0.05) is 46.7 Å². The Kier molecular flexibility index (Phi) is 11.5. The van der Waals surface area contributed by atoms with Crippen molar-refractivity contribution in [2.75, 3.05) is 46.0 Å². The van der Waals surface area contributed by atoms with Crippen molar-refractivity contribution < 1.29 is 13.2 Å². The number of amides is 1. The molecule has 1 rings (SSSR count). The minimum atomic E-state index is -3.15. The molecule has 8 nitrogen and oxygen atoms in total. The average molecular weight is 475 g/mol. The van der Waals surface area contributed by atoms with Crippen LogP contribution in [0.1, 0.15) is 26.2 Å². The quantitative estimate of drug-likeness (QED) is 0.208. The van der Waals surface area contributed by atoms with Gasteiger partial charge in [0.15, 0.2) is 5.96 Å². The second kappa shape index (κ2) is 11.9. The van der Waals surface area contributed by atoms with E-state index in [0.717, 1.165) is 31.9 Å². The van der Waals surface area contributed by atoms with E-state index in [-0.39, 0.29) is 35.6 Å². The summed E-state index contributed by atoms with van der Waals surface area (Å²) in [6.07, 6.45) is 2.49. The molecule has 0 radical (unpaired) electrons. The predicted molar refractivity (Wildman–Crippen MR) is 107 cm³/mol. The fraction of sp³-hybridized carbons (Fsp3) is 0.857. The van der Waals surface area contributed by atoms with Gasteiger partial charge in [0.2, 0.25) is 15.9 Å². The molecule has 0 aromatic rings. The minimum absolute atomic E-state index is 0. The highest BCUT2D eigenvalue weighted by Gasteiger charge is 2.22. The van der Waals surface area contributed by atoms with Crippen LogP contribution in [0.3, 0.4) is 0 Å². The fourth-order valence-electron chi connectivity index (χ4n) is 2.53. The van der Waals surface area contributed by atoms with Crippen LogP contribution in [0.15, 0.2) is 4.99 Å². The predicted octanol–water partition coefficient (Wildman–Crippen LogP) is -0.0328. The first kappa shape index (κ1) is 23.4. The van der Waals surface area contributed by atoms with Gasteiger partial charge >= 0.3 is 0 Å². The van der Waals surface area contributed by atoms with Crippen molar-refractivity contribution in [3.63, 3.8) is 0 Å². The number of guanidine groups is 1. The molecule has 0 unspecified atom stereocenters. The Balaban J connectivity index is 0.00000529. The number of hydrogen-bond donors (Lipinski definition) is 3. The summed E-state index contributed by atoms with van der Waals surface area (Å²) in [5.74, 6) is 1.37. The van der Waals surface area contributed by atoms with E-state index in [1.165, 1.54) is 0 Å². The van der Waals surface area contributed by atoms with Crippen LogP contribution in [0.4, 0.5) is 0 Å². The summed E-state index contributed by atoms with van der Waals surface area (Å²) < 4.78 is 25.2. The summed E-state index contributed by atoms with van der Waals surface area (Å²) in [6.45, 7) is 4.13. The summed E-state index contributed by atoms with van der Waals surface area (Å²) in [7, 11) is 0.228. The van der Waals surface area contributed by atoms with E-state index < -0.39 is 10.0 Å². The smallest absolute Gasteiger partial charge is 0.220 e. The molecule has 1 saturated heterocycles. The van der Waals surface area contributed by atoms with Crippen LogP contribution in [0.5, 0.6) is 0 Å². The Labute approximate surface area is 162 Å². The number of piperidine rings is 1. The van der Waals surface area contributed by atoms with Crippen LogP contribution in [-0.2, 0) is 14.8 Å². The van der Waals surface area contributed by atoms with Crippen molar-refractivity contribution in [3.8, 4) is 0 Å². The Morgan fingerprint density at radius 2 is 1.88 bits per heavy atom. The van der Waals surface area contributed by atoms with E-state index in [2.05, 4.69) is 25.2 Å². The van der Waals surface area contributed by atoms with Crippen molar-refractivity contribution in [1.29, 1.82) is 0 Å². The zero-order chi connectivity index (χ0) is 17.3. The molecule has 3 N–H and O–H groups in total. The molecule has 24 heavy (non-hydrogen) atoms. The topological polar surface area (TPSA) is 103 Å². The van der Waals surface area contributed by atoms with E-state index in [1.807, 2.05) is 0 Å². The lowest BCUT2D eigenvalue weighted by Gasteiger charge is -2.34. The van der Waals surface area contributed by atoms with Crippen molar-refractivity contribution >= 4 is 45.9 Å². The van der Waals surface area contributed by atoms with Gasteiger partial charge in [0.25, 0.3) is 0 Å². The number of nitrogens with zero attached hydrogens (tertiary/aromatic N) is 2. The van der Waals surface area contributed by atoms with Gasteiger partial charge in [0.1, 0.15) is 0 Å². The maximum absolute atomic E-state index is 11.4. The number of halogens is 1. The lowest BCUT2D eigenvalue weighted by atomic mass is 9.93. The number of carbonyl (C=O) groups is 1. The number of carbonyl (C=O) groups excluding carboxylic acids is 1. The molecule has 0 atom stereocenters. The summed E-state index contributed by atoms with van der Waals surface area (Å²) in [5.41, 5.74) is 0. The minimum Gasteiger partial charge on any atom is -0.359 e. The number of aliphatic imine (C=N–C) groups is 1. The second-order valence-corrected chi connectivity index (χ2v) is 7.67. The standard InChI is InChI=1S/C14H29N5O3S.HI/c1-4-23(21,22)18-8-7-17-14(16-3)19-9-5-12(6-10-19)11-13(20)15-2;/h12,18H,4-11H2,1-3H3,(H,15,20)(H,16,17);1H. The molecular weight excluding hydrogens is 445 g/mol. The SMILES string of the molecule is CCS(=O)(=O)NCCNC(=NC)N1CCC(CC(=O)NC)CC1.I. The van der Waals surface area contributed by atoms with Gasteiger partial charge in [0.05, 0.1) is 5.75 Å². The largest absolute Gasteiger partial charge is 0.359 e. The molecule has 1 amide bonds. The maximum atomic E-state index is 11.4. The molecule has 0 bridgehead atoms. The van der Waals surface area contributed by atoms with Crippen molar-refractivity contribution in [3.05, 3.63) is 0 Å². The molecule has 1 aliphatic rings. The van der Waals surface area contributed by atoms with Gasteiger partial charge in [-0.1, -0.05) is 0 Å². The van der Waals surface area contributed by atoms with E-state index in [0.29, 0.717) is 25.4 Å². The van der Waals surface area contributed by atoms with Crippen LogP contribution in [0, 0.1) is 5.92 Å². The Hall–Kier alpha value is -0.620. The number of hydrogen-bond acceptors (Lipinski definition) is 4.